The Morgan fingerprint density at radius 1 is 1.12 bits per heavy atom. The van der Waals surface area contributed by atoms with Gasteiger partial charge in [-0.05, 0) is 43.2 Å². The van der Waals surface area contributed by atoms with E-state index >= 15 is 0 Å². The van der Waals surface area contributed by atoms with Crippen molar-refractivity contribution >= 4 is 39.4 Å². The predicted molar refractivity (Wildman–Crippen MR) is 98.6 cm³/mol. The molecule has 0 aliphatic heterocycles. The summed E-state index contributed by atoms with van der Waals surface area (Å²) in [7, 11) is 0. The van der Waals surface area contributed by atoms with Gasteiger partial charge >= 0.3 is 0 Å². The van der Waals surface area contributed by atoms with Gasteiger partial charge in [-0.2, -0.15) is 4.99 Å². The van der Waals surface area contributed by atoms with E-state index in [-0.39, 0.29) is 17.3 Å². The number of nitrogens with one attached hydrogen (secondary N) is 1. The van der Waals surface area contributed by atoms with Crippen molar-refractivity contribution in [3.8, 4) is 0 Å². The molecular weight excluding hydrogens is 304 g/mol. The van der Waals surface area contributed by atoms with Gasteiger partial charge in [0.2, 0.25) is 5.96 Å². The van der Waals surface area contributed by atoms with E-state index in [1.165, 1.54) is 0 Å². The molecule has 0 saturated carbocycles. The molecule has 7 N–H and O–H groups in total. The molecule has 0 amide bonds. The van der Waals surface area contributed by atoms with Crippen LogP contribution in [0.4, 0.5) is 5.69 Å². The van der Waals surface area contributed by atoms with Crippen molar-refractivity contribution < 1.29 is 0 Å². The molecule has 0 saturated heterocycles. The first kappa shape index (κ1) is 15.5. The molecule has 0 aliphatic rings. The summed E-state index contributed by atoms with van der Waals surface area (Å²) in [6.07, 6.45) is 0. The Labute approximate surface area is 137 Å². The Balaban J connectivity index is 2.39. The van der Waals surface area contributed by atoms with Crippen LogP contribution in [0.2, 0.25) is 0 Å². The fourth-order valence-corrected chi connectivity index (χ4v) is 2.87. The van der Waals surface area contributed by atoms with Gasteiger partial charge in [0.1, 0.15) is 0 Å². The van der Waals surface area contributed by atoms with Crippen molar-refractivity contribution in [1.82, 2.24) is 4.98 Å². The number of para-hydroxylation sites is 1. The molecule has 0 aliphatic carbocycles. The van der Waals surface area contributed by atoms with Gasteiger partial charge in [-0.15, -0.1) is 0 Å². The molecule has 0 unspecified atom stereocenters. The molecule has 24 heavy (non-hydrogen) atoms. The number of nitrogens with two attached hydrogens (primary N) is 3. The highest BCUT2D eigenvalue weighted by molar-refractivity contribution is 6.01. The molecule has 1 aromatic heterocycles. The Morgan fingerprint density at radius 3 is 2.58 bits per heavy atom. The number of aromatic nitrogens is 1. The molecule has 0 fully saturated rings. The van der Waals surface area contributed by atoms with Gasteiger partial charge in [0, 0.05) is 10.8 Å². The summed E-state index contributed by atoms with van der Waals surface area (Å²) in [5, 5.41) is 1.21. The van der Waals surface area contributed by atoms with Gasteiger partial charge in [0.05, 0.1) is 16.7 Å². The molecule has 0 radical (unpaired) electrons. The number of aliphatic imine (C=N–C) groups is 2. The Bertz CT molecular complexity index is 1070. The molecule has 0 spiro atoms. The third-order valence-electron chi connectivity index (χ3n) is 3.73. The smallest absolute Gasteiger partial charge is 0.223 e. The van der Waals surface area contributed by atoms with E-state index in [9.17, 15) is 4.79 Å². The first-order valence-electron chi connectivity index (χ1n) is 7.36. The van der Waals surface area contributed by atoms with Crippen molar-refractivity contribution in [2.75, 3.05) is 0 Å². The number of H-pyrrole nitrogens is 1. The summed E-state index contributed by atoms with van der Waals surface area (Å²) in [5.41, 5.74) is 20.1. The molecule has 7 heteroatoms. The molecular formula is C17H18N6O. The monoisotopic (exact) mass is 322 g/mol. The van der Waals surface area contributed by atoms with Gasteiger partial charge in [-0.25, -0.2) is 4.99 Å². The Morgan fingerprint density at radius 2 is 1.88 bits per heavy atom. The minimum absolute atomic E-state index is 0.0475. The number of hydrogen-bond donors (Lipinski definition) is 4. The van der Waals surface area contributed by atoms with E-state index in [0.717, 1.165) is 16.6 Å². The lowest BCUT2D eigenvalue weighted by atomic mass is 10.0. The number of guanidine groups is 2. The molecule has 0 atom stereocenters. The van der Waals surface area contributed by atoms with Gasteiger partial charge in [0.15, 0.2) is 11.4 Å². The van der Waals surface area contributed by atoms with E-state index in [1.807, 2.05) is 26.0 Å². The summed E-state index contributed by atoms with van der Waals surface area (Å²) in [4.78, 5) is 24.1. The quantitative estimate of drug-likeness (QED) is 0.307. The summed E-state index contributed by atoms with van der Waals surface area (Å²) >= 11 is 0. The van der Waals surface area contributed by atoms with Crippen LogP contribution in [0.5, 0.6) is 0 Å². The number of aryl methyl sites for hydroxylation is 2. The molecule has 7 nitrogen and oxygen atoms in total. The molecule has 2 aromatic carbocycles. The van der Waals surface area contributed by atoms with Gasteiger partial charge in [-0.1, -0.05) is 12.1 Å². The number of aromatic amines is 1. The molecule has 122 valence electrons. The van der Waals surface area contributed by atoms with Gasteiger partial charge < -0.3 is 22.2 Å². The molecule has 3 aromatic rings. The zero-order valence-corrected chi connectivity index (χ0v) is 13.4. The lowest BCUT2D eigenvalue weighted by Gasteiger charge is -2.08. The van der Waals surface area contributed by atoms with E-state index in [4.69, 9.17) is 17.2 Å². The maximum atomic E-state index is 12.9. The zero-order valence-electron chi connectivity index (χ0n) is 13.4. The topological polar surface area (TPSA) is 136 Å². The van der Waals surface area contributed by atoms with Crippen LogP contribution in [0.1, 0.15) is 11.1 Å². The predicted octanol–water partition coefficient (Wildman–Crippen LogP) is 1.52. The minimum atomic E-state index is -0.179. The Kier molecular flexibility index (Phi) is 3.69. The lowest BCUT2D eigenvalue weighted by molar-refractivity contribution is 1.36. The van der Waals surface area contributed by atoms with Crippen LogP contribution in [-0.2, 0) is 0 Å². The van der Waals surface area contributed by atoms with E-state index in [1.54, 1.807) is 18.2 Å². The maximum absolute atomic E-state index is 12.9. The fourth-order valence-electron chi connectivity index (χ4n) is 2.87. The highest BCUT2D eigenvalue weighted by Crippen LogP contribution is 2.26. The molecule has 3 rings (SSSR count). The summed E-state index contributed by atoms with van der Waals surface area (Å²) in [6.45, 7) is 3.91. The lowest BCUT2D eigenvalue weighted by Crippen LogP contribution is -2.26. The summed E-state index contributed by atoms with van der Waals surface area (Å²) < 4.78 is 0. The van der Waals surface area contributed by atoms with Crippen molar-refractivity contribution in [3.63, 3.8) is 0 Å². The highest BCUT2D eigenvalue weighted by atomic mass is 16.1. The van der Waals surface area contributed by atoms with Crippen molar-refractivity contribution in [3.05, 3.63) is 51.7 Å². The van der Waals surface area contributed by atoms with E-state index in [0.29, 0.717) is 22.0 Å². The largest absolute Gasteiger partial charge is 0.370 e. The van der Waals surface area contributed by atoms with Gasteiger partial charge in [0.25, 0.3) is 0 Å². The normalized spacial score (nSPS) is 11.8. The van der Waals surface area contributed by atoms with Crippen LogP contribution < -0.4 is 22.6 Å². The maximum Gasteiger partial charge on any atom is 0.223 e. The molecule has 1 heterocycles. The number of nitrogens with zero attached hydrogens (tertiary/aromatic N) is 2. The van der Waals surface area contributed by atoms with Crippen molar-refractivity contribution in [2.24, 2.45) is 27.2 Å². The number of benzene rings is 2. The SMILES string of the molecule is Cc1cc(C)c2c(=O)c3cccc(N=C(N)N=C(N)N)c3[nH]c2c1. The third-order valence-corrected chi connectivity index (χ3v) is 3.73. The fraction of sp³-hybridized carbons (Fsp3) is 0.118. The summed E-state index contributed by atoms with van der Waals surface area (Å²) in [6, 6.07) is 9.16. The second-order valence-corrected chi connectivity index (χ2v) is 5.66. The Hall–Kier alpha value is -3.35. The average molecular weight is 322 g/mol. The van der Waals surface area contributed by atoms with Crippen LogP contribution in [0.15, 0.2) is 45.1 Å². The van der Waals surface area contributed by atoms with Crippen LogP contribution in [0.25, 0.3) is 21.8 Å². The van der Waals surface area contributed by atoms with E-state index in [2.05, 4.69) is 15.0 Å². The van der Waals surface area contributed by atoms with Crippen molar-refractivity contribution in [2.45, 2.75) is 13.8 Å². The van der Waals surface area contributed by atoms with Crippen LogP contribution in [-0.4, -0.2) is 16.9 Å². The van der Waals surface area contributed by atoms with Crippen LogP contribution in [0.3, 0.4) is 0 Å². The standard InChI is InChI=1S/C17H18N6O/c1-8-6-9(2)13-12(7-8)21-14-10(15(13)24)4-3-5-11(14)22-17(20)23-16(18)19/h3-7H,1-2H3,(H,21,24)(H6,18,19,20,22,23). The highest BCUT2D eigenvalue weighted by Gasteiger charge is 2.11. The third kappa shape index (κ3) is 2.67. The number of fused-ring (bicyclic) bond motifs is 2. The second-order valence-electron chi connectivity index (χ2n) is 5.66. The number of rotatable bonds is 1. The summed E-state index contributed by atoms with van der Waals surface area (Å²) in [5.74, 6) is -0.259. The molecule has 0 bridgehead atoms. The number of hydrogen-bond acceptors (Lipinski definition) is 2. The van der Waals surface area contributed by atoms with E-state index < -0.39 is 0 Å². The number of pyridine rings is 1. The van der Waals surface area contributed by atoms with Gasteiger partial charge in [-0.3, -0.25) is 4.79 Å². The zero-order chi connectivity index (χ0) is 17.4. The average Bonchev–Trinajstić information content (AvgIpc) is 2.46. The minimum Gasteiger partial charge on any atom is -0.370 e. The second kappa shape index (κ2) is 5.69. The van der Waals surface area contributed by atoms with Crippen LogP contribution in [0, 0.1) is 13.8 Å². The van der Waals surface area contributed by atoms with Crippen molar-refractivity contribution in [1.29, 1.82) is 0 Å². The first-order chi connectivity index (χ1) is 11.4. The van der Waals surface area contributed by atoms with Crippen LogP contribution >= 0.6 is 0 Å². The first-order valence-corrected chi connectivity index (χ1v) is 7.36.